The number of aryl methyl sites for hydroxylation is 1. The van der Waals surface area contributed by atoms with E-state index < -0.39 is 11.9 Å². The second-order valence-electron chi connectivity index (χ2n) is 8.30. The smallest absolute Gasteiger partial charge is 0.340 e. The molecular weight excluding hydrogens is 463 g/mol. The van der Waals surface area contributed by atoms with E-state index in [1.165, 1.54) is 32.3 Å². The lowest BCUT2D eigenvalue weighted by Crippen LogP contribution is -2.24. The number of ether oxygens (including phenoxy) is 3. The van der Waals surface area contributed by atoms with Gasteiger partial charge in [0, 0.05) is 23.2 Å². The summed E-state index contributed by atoms with van der Waals surface area (Å²) in [5.41, 5.74) is 3.88. The highest BCUT2D eigenvalue weighted by molar-refractivity contribution is 6.24. The van der Waals surface area contributed by atoms with E-state index in [0.29, 0.717) is 34.1 Å². The highest BCUT2D eigenvalue weighted by atomic mass is 19.1. The van der Waals surface area contributed by atoms with Gasteiger partial charge >= 0.3 is 5.97 Å². The van der Waals surface area contributed by atoms with Crippen LogP contribution in [-0.2, 0) is 14.3 Å². The summed E-state index contributed by atoms with van der Waals surface area (Å²) in [5, 5.41) is 0. The molecule has 0 N–H and O–H groups in total. The fraction of sp³-hybridized carbons (Fsp3) is 0.214. The van der Waals surface area contributed by atoms with Crippen molar-refractivity contribution in [3.05, 3.63) is 88.1 Å². The molecule has 0 fully saturated rings. The lowest BCUT2D eigenvalue weighted by atomic mass is 10.0. The first-order chi connectivity index (χ1) is 17.2. The van der Waals surface area contributed by atoms with Gasteiger partial charge in [0.1, 0.15) is 5.82 Å². The number of halogens is 1. The summed E-state index contributed by atoms with van der Waals surface area (Å²) in [7, 11) is 4.30. The number of benzene rings is 2. The Bertz CT molecular complexity index is 1430. The Kier molecular flexibility index (Phi) is 6.70. The maximum absolute atomic E-state index is 14.5. The maximum Gasteiger partial charge on any atom is 0.340 e. The zero-order chi connectivity index (χ0) is 26.1. The van der Waals surface area contributed by atoms with Crippen molar-refractivity contribution in [2.24, 2.45) is 0 Å². The van der Waals surface area contributed by atoms with Crippen molar-refractivity contribution in [3.63, 3.8) is 0 Å². The number of rotatable bonds is 6. The van der Waals surface area contributed by atoms with Crippen molar-refractivity contribution in [2.45, 2.75) is 20.8 Å². The third kappa shape index (κ3) is 4.04. The monoisotopic (exact) mass is 490 g/mol. The van der Waals surface area contributed by atoms with E-state index >= 15 is 0 Å². The minimum Gasteiger partial charge on any atom is -0.493 e. The third-order valence-corrected chi connectivity index (χ3v) is 6.28. The van der Waals surface area contributed by atoms with Crippen LogP contribution < -0.4 is 14.4 Å². The first-order valence-corrected chi connectivity index (χ1v) is 11.2. The molecule has 1 aliphatic rings. The molecule has 8 heteroatoms. The molecular formula is C28H27FN2O5. The number of allylic oxidation sites excluding steroid dienone is 1. The Hall–Kier alpha value is -4.33. The molecule has 1 aromatic heterocycles. The molecule has 0 saturated carbocycles. The average Bonchev–Trinajstić information content (AvgIpc) is 3.29. The van der Waals surface area contributed by atoms with Crippen LogP contribution in [0.5, 0.6) is 11.5 Å². The van der Waals surface area contributed by atoms with Gasteiger partial charge in [-0.3, -0.25) is 9.69 Å². The zero-order valence-electron chi connectivity index (χ0n) is 21.0. The van der Waals surface area contributed by atoms with E-state index in [-0.39, 0.29) is 17.0 Å². The normalized spacial score (nSPS) is 14.6. The second kappa shape index (κ2) is 9.73. The Morgan fingerprint density at radius 2 is 1.64 bits per heavy atom. The van der Waals surface area contributed by atoms with Gasteiger partial charge in [0.25, 0.3) is 5.91 Å². The molecule has 36 heavy (non-hydrogen) atoms. The van der Waals surface area contributed by atoms with Crippen LogP contribution in [0.2, 0.25) is 0 Å². The largest absolute Gasteiger partial charge is 0.493 e. The van der Waals surface area contributed by atoms with Gasteiger partial charge in [0.15, 0.2) is 11.5 Å². The van der Waals surface area contributed by atoms with Crippen molar-refractivity contribution in [1.29, 1.82) is 0 Å². The quantitative estimate of drug-likeness (QED) is 0.354. The predicted octanol–water partition coefficient (Wildman–Crippen LogP) is 5.13. The Labute approximate surface area is 209 Å². The minimum absolute atomic E-state index is 0.160. The first kappa shape index (κ1) is 24.8. The molecule has 1 amide bonds. The SMILES string of the molecule is COC(=O)C1=C(C)N(c2ccc(OC)c(OC)c2)C(=O)C1=Cc1cc(C)n(-c2ccccc2F)c1C. The topological polar surface area (TPSA) is 70.0 Å². The number of para-hydroxylation sites is 1. The van der Waals surface area contributed by atoms with Crippen LogP contribution in [0.15, 0.2) is 65.4 Å². The number of methoxy groups -OCH3 is 3. The molecule has 0 unspecified atom stereocenters. The number of aromatic nitrogens is 1. The van der Waals surface area contributed by atoms with Gasteiger partial charge in [-0.15, -0.1) is 0 Å². The van der Waals surface area contributed by atoms with Crippen molar-refractivity contribution in [2.75, 3.05) is 26.2 Å². The molecule has 2 aromatic carbocycles. The Morgan fingerprint density at radius 3 is 2.28 bits per heavy atom. The fourth-order valence-corrected chi connectivity index (χ4v) is 4.55. The van der Waals surface area contributed by atoms with Crippen LogP contribution in [0.1, 0.15) is 23.9 Å². The van der Waals surface area contributed by atoms with E-state index in [1.54, 1.807) is 54.0 Å². The third-order valence-electron chi connectivity index (χ3n) is 6.28. The van der Waals surface area contributed by atoms with Gasteiger partial charge in [-0.1, -0.05) is 12.1 Å². The predicted molar refractivity (Wildman–Crippen MR) is 135 cm³/mol. The molecule has 0 atom stereocenters. The molecule has 1 aliphatic heterocycles. The minimum atomic E-state index is -0.627. The number of amides is 1. The molecule has 0 spiro atoms. The maximum atomic E-state index is 14.5. The summed E-state index contributed by atoms with van der Waals surface area (Å²) < 4.78 is 32.0. The van der Waals surface area contributed by atoms with Crippen molar-refractivity contribution >= 4 is 23.6 Å². The van der Waals surface area contributed by atoms with Crippen LogP contribution >= 0.6 is 0 Å². The second-order valence-corrected chi connectivity index (χ2v) is 8.30. The Balaban J connectivity index is 1.86. The lowest BCUT2D eigenvalue weighted by molar-refractivity contribution is -0.136. The van der Waals surface area contributed by atoms with E-state index in [4.69, 9.17) is 14.2 Å². The highest BCUT2D eigenvalue weighted by Crippen LogP contribution is 2.39. The van der Waals surface area contributed by atoms with Crippen LogP contribution in [0.4, 0.5) is 10.1 Å². The molecule has 7 nitrogen and oxygen atoms in total. The summed E-state index contributed by atoms with van der Waals surface area (Å²) in [4.78, 5) is 27.9. The van der Waals surface area contributed by atoms with Gasteiger partial charge < -0.3 is 18.8 Å². The van der Waals surface area contributed by atoms with Gasteiger partial charge in [-0.05, 0) is 62.7 Å². The summed E-state index contributed by atoms with van der Waals surface area (Å²) in [6.45, 7) is 5.38. The molecule has 0 bridgehead atoms. The summed E-state index contributed by atoms with van der Waals surface area (Å²) in [5.74, 6) is -0.421. The van der Waals surface area contributed by atoms with Crippen LogP contribution in [-0.4, -0.2) is 37.8 Å². The fourth-order valence-electron chi connectivity index (χ4n) is 4.55. The molecule has 186 valence electrons. The molecule has 3 aromatic rings. The molecule has 0 saturated heterocycles. The molecule has 0 radical (unpaired) electrons. The standard InChI is InChI=1S/C28H27FN2O5/c1-16-13-19(17(2)30(16)23-10-8-7-9-22(23)29)14-21-26(28(33)36-6)18(3)31(27(21)32)20-11-12-24(34-4)25(15-20)35-5/h7-15H,1-6H3. The summed E-state index contributed by atoms with van der Waals surface area (Å²) >= 11 is 0. The number of carbonyl (C=O) groups is 2. The zero-order valence-corrected chi connectivity index (χ0v) is 21.0. The first-order valence-electron chi connectivity index (χ1n) is 11.2. The van der Waals surface area contributed by atoms with Gasteiger partial charge in [0.05, 0.1) is 43.9 Å². The number of hydrogen-bond acceptors (Lipinski definition) is 5. The van der Waals surface area contributed by atoms with E-state index in [2.05, 4.69) is 0 Å². The lowest BCUT2D eigenvalue weighted by Gasteiger charge is -2.19. The van der Waals surface area contributed by atoms with Gasteiger partial charge in [-0.2, -0.15) is 0 Å². The van der Waals surface area contributed by atoms with Crippen LogP contribution in [0, 0.1) is 19.7 Å². The van der Waals surface area contributed by atoms with Gasteiger partial charge in [-0.25, -0.2) is 9.18 Å². The highest BCUT2D eigenvalue weighted by Gasteiger charge is 2.38. The van der Waals surface area contributed by atoms with Crippen molar-refractivity contribution in [1.82, 2.24) is 4.57 Å². The number of nitrogens with zero attached hydrogens (tertiary/aromatic N) is 2. The molecule has 2 heterocycles. The van der Waals surface area contributed by atoms with Gasteiger partial charge in [0.2, 0.25) is 0 Å². The average molecular weight is 491 g/mol. The number of anilines is 1. The van der Waals surface area contributed by atoms with E-state index in [1.807, 2.05) is 19.9 Å². The summed E-state index contributed by atoms with van der Waals surface area (Å²) in [6, 6.07) is 13.4. The van der Waals surface area contributed by atoms with Crippen LogP contribution in [0.25, 0.3) is 11.8 Å². The molecule has 4 rings (SSSR count). The van der Waals surface area contributed by atoms with Crippen molar-refractivity contribution < 1.29 is 28.2 Å². The molecule has 0 aliphatic carbocycles. The van der Waals surface area contributed by atoms with Crippen molar-refractivity contribution in [3.8, 4) is 17.2 Å². The summed E-state index contributed by atoms with van der Waals surface area (Å²) in [6.07, 6.45) is 1.65. The number of esters is 1. The number of hydrogen-bond donors (Lipinski definition) is 0. The van der Waals surface area contributed by atoms with E-state index in [0.717, 1.165) is 11.4 Å². The number of carbonyl (C=O) groups excluding carboxylic acids is 2. The van der Waals surface area contributed by atoms with E-state index in [9.17, 15) is 14.0 Å². The Morgan fingerprint density at radius 1 is 0.944 bits per heavy atom. The van der Waals surface area contributed by atoms with Crippen LogP contribution in [0.3, 0.4) is 0 Å².